The van der Waals surface area contributed by atoms with Crippen LogP contribution in [0.15, 0.2) is 41.7 Å². The van der Waals surface area contributed by atoms with Crippen LogP contribution < -0.4 is 20.3 Å². The van der Waals surface area contributed by atoms with Crippen LogP contribution in [0.5, 0.6) is 5.75 Å². The van der Waals surface area contributed by atoms with Crippen LogP contribution in [0.4, 0.5) is 19.0 Å². The highest BCUT2D eigenvalue weighted by atomic mass is 32.2. The van der Waals surface area contributed by atoms with Crippen molar-refractivity contribution in [1.29, 1.82) is 0 Å². The highest BCUT2D eigenvalue weighted by molar-refractivity contribution is 7.92. The Bertz CT molecular complexity index is 1020. The zero-order chi connectivity index (χ0) is 22.1. The first kappa shape index (κ1) is 21.8. The average molecular weight is 457 g/mol. The van der Waals surface area contributed by atoms with Crippen molar-refractivity contribution in [2.45, 2.75) is 36.2 Å². The first-order chi connectivity index (χ1) is 14.7. The summed E-state index contributed by atoms with van der Waals surface area (Å²) in [6.45, 7) is 1.27. The fraction of sp³-hybridized carbons (Fsp3) is 0.474. The van der Waals surface area contributed by atoms with Crippen molar-refractivity contribution < 1.29 is 26.3 Å². The normalized spacial score (nSPS) is 24.1. The largest absolute Gasteiger partial charge is 0.490 e. The molecule has 1 saturated carbocycles. The summed E-state index contributed by atoms with van der Waals surface area (Å²) < 4.78 is 75.6. The first-order valence-electron chi connectivity index (χ1n) is 9.82. The molecule has 168 valence electrons. The molecule has 2 fully saturated rings. The Kier molecular flexibility index (Phi) is 6.04. The minimum absolute atomic E-state index is 0.00472. The molecule has 0 radical (unpaired) electrons. The topological polar surface area (TPSA) is 105 Å². The Morgan fingerprint density at radius 1 is 1.19 bits per heavy atom. The number of hydrazine groups is 1. The Morgan fingerprint density at radius 2 is 1.97 bits per heavy atom. The number of ether oxygens (including phenoxy) is 1. The molecule has 2 atom stereocenters. The molecule has 0 spiro atoms. The molecule has 8 nitrogen and oxygen atoms in total. The Labute approximate surface area is 177 Å². The standard InChI is InChI=1S/C19H22F3N5O3S/c20-15-7-13(1-2-17(15)31(28,29)27-18-4-6-23-11-24-18)30-16-8-19(21,22)5-3-14(16)12-9-25-26-10-12/h1-2,4,6-7,11-12,14,16,25-26H,3,5,8-10H2,(H,23,24,27)/t14-,16+/m1/s1. The molecule has 0 bridgehead atoms. The zero-order valence-corrected chi connectivity index (χ0v) is 17.2. The van der Waals surface area contributed by atoms with E-state index in [4.69, 9.17) is 4.74 Å². The number of aromatic nitrogens is 2. The molecule has 31 heavy (non-hydrogen) atoms. The molecule has 0 unspecified atom stereocenters. The SMILES string of the molecule is O=S(=O)(Nc1ccncn1)c1ccc(O[C@H]2CC(F)(F)CC[C@@H]2C2CNNC2)cc1F. The lowest BCUT2D eigenvalue weighted by Crippen LogP contribution is -2.44. The summed E-state index contributed by atoms with van der Waals surface area (Å²) >= 11 is 0. The molecule has 2 aliphatic rings. The van der Waals surface area contributed by atoms with E-state index < -0.39 is 39.2 Å². The molecule has 1 aromatic heterocycles. The van der Waals surface area contributed by atoms with Gasteiger partial charge in [-0.15, -0.1) is 0 Å². The van der Waals surface area contributed by atoms with Gasteiger partial charge in [0.05, 0.1) is 0 Å². The van der Waals surface area contributed by atoms with Gasteiger partial charge in [-0.25, -0.2) is 31.6 Å². The third-order valence-corrected chi connectivity index (χ3v) is 6.97. The molecule has 1 aliphatic heterocycles. The highest BCUT2D eigenvalue weighted by Crippen LogP contribution is 2.41. The molecule has 2 aromatic rings. The van der Waals surface area contributed by atoms with Gasteiger partial charge in [-0.05, 0) is 30.5 Å². The number of nitrogens with zero attached hydrogens (tertiary/aromatic N) is 2. The van der Waals surface area contributed by atoms with E-state index in [9.17, 15) is 21.6 Å². The average Bonchev–Trinajstić information content (AvgIpc) is 3.22. The fourth-order valence-corrected chi connectivity index (χ4v) is 5.12. The van der Waals surface area contributed by atoms with Crippen molar-refractivity contribution in [2.75, 3.05) is 17.8 Å². The van der Waals surface area contributed by atoms with Gasteiger partial charge in [-0.1, -0.05) is 0 Å². The Balaban J connectivity index is 1.52. The third kappa shape index (κ3) is 5.08. The van der Waals surface area contributed by atoms with E-state index >= 15 is 0 Å². The van der Waals surface area contributed by atoms with E-state index in [1.807, 2.05) is 0 Å². The van der Waals surface area contributed by atoms with Crippen molar-refractivity contribution in [3.63, 3.8) is 0 Å². The van der Waals surface area contributed by atoms with Gasteiger partial charge in [-0.3, -0.25) is 15.6 Å². The van der Waals surface area contributed by atoms with E-state index in [1.54, 1.807) is 0 Å². The molecule has 2 heterocycles. The van der Waals surface area contributed by atoms with E-state index in [0.29, 0.717) is 19.5 Å². The molecule has 1 saturated heterocycles. The minimum Gasteiger partial charge on any atom is -0.490 e. The predicted octanol–water partition coefficient (Wildman–Crippen LogP) is 2.32. The number of halogens is 3. The van der Waals surface area contributed by atoms with Gasteiger partial charge < -0.3 is 4.74 Å². The maximum absolute atomic E-state index is 14.7. The van der Waals surface area contributed by atoms with Gasteiger partial charge >= 0.3 is 0 Å². The lowest BCUT2D eigenvalue weighted by Gasteiger charge is -2.38. The third-order valence-electron chi connectivity index (χ3n) is 5.58. The Hall–Kier alpha value is -2.44. The molecule has 1 aliphatic carbocycles. The van der Waals surface area contributed by atoms with Crippen LogP contribution in [0.3, 0.4) is 0 Å². The number of hydrogen-bond donors (Lipinski definition) is 3. The van der Waals surface area contributed by atoms with Crippen molar-refractivity contribution in [2.24, 2.45) is 11.8 Å². The minimum atomic E-state index is -4.24. The second-order valence-electron chi connectivity index (χ2n) is 7.73. The Morgan fingerprint density at radius 3 is 2.65 bits per heavy atom. The maximum Gasteiger partial charge on any atom is 0.265 e. The number of alkyl halides is 2. The van der Waals surface area contributed by atoms with Gasteiger partial charge in [0.15, 0.2) is 0 Å². The van der Waals surface area contributed by atoms with E-state index in [2.05, 4.69) is 25.5 Å². The molecular weight excluding hydrogens is 435 g/mol. The summed E-state index contributed by atoms with van der Waals surface area (Å²) in [7, 11) is -4.24. The fourth-order valence-electron chi connectivity index (χ4n) is 4.05. The highest BCUT2D eigenvalue weighted by Gasteiger charge is 2.46. The van der Waals surface area contributed by atoms with Crippen LogP contribution in [0.2, 0.25) is 0 Å². The maximum atomic E-state index is 14.7. The van der Waals surface area contributed by atoms with Crippen molar-refractivity contribution in [3.05, 3.63) is 42.6 Å². The lowest BCUT2D eigenvalue weighted by molar-refractivity contribution is -0.0975. The van der Waals surface area contributed by atoms with E-state index in [0.717, 1.165) is 18.5 Å². The molecule has 3 N–H and O–H groups in total. The van der Waals surface area contributed by atoms with Gasteiger partial charge in [0.2, 0.25) is 0 Å². The molecular formula is C19H22F3N5O3S. The smallest absolute Gasteiger partial charge is 0.265 e. The second kappa shape index (κ2) is 8.60. The zero-order valence-electron chi connectivity index (χ0n) is 16.4. The summed E-state index contributed by atoms with van der Waals surface area (Å²) in [5.74, 6) is -3.94. The van der Waals surface area contributed by atoms with Crippen molar-refractivity contribution >= 4 is 15.8 Å². The van der Waals surface area contributed by atoms with Crippen molar-refractivity contribution in [3.8, 4) is 5.75 Å². The van der Waals surface area contributed by atoms with Gasteiger partial charge in [0.25, 0.3) is 15.9 Å². The number of rotatable bonds is 6. The number of nitrogens with one attached hydrogen (secondary N) is 3. The molecule has 4 rings (SSSR count). The van der Waals surface area contributed by atoms with Gasteiger partial charge in [0, 0.05) is 44.1 Å². The van der Waals surface area contributed by atoms with Crippen LogP contribution in [-0.4, -0.2) is 43.5 Å². The number of hydrogen-bond acceptors (Lipinski definition) is 7. The quantitative estimate of drug-likeness (QED) is 0.612. The number of anilines is 1. The second-order valence-corrected chi connectivity index (χ2v) is 9.38. The lowest BCUT2D eigenvalue weighted by atomic mass is 9.76. The van der Waals surface area contributed by atoms with Crippen LogP contribution in [0, 0.1) is 17.7 Å². The van der Waals surface area contributed by atoms with Gasteiger partial charge in [-0.2, -0.15) is 0 Å². The van der Waals surface area contributed by atoms with Crippen LogP contribution in [0.1, 0.15) is 19.3 Å². The monoisotopic (exact) mass is 457 g/mol. The predicted molar refractivity (Wildman–Crippen MR) is 105 cm³/mol. The van der Waals surface area contributed by atoms with Gasteiger partial charge in [0.1, 0.15) is 34.7 Å². The van der Waals surface area contributed by atoms with E-state index in [1.165, 1.54) is 18.3 Å². The number of sulfonamides is 1. The van der Waals surface area contributed by atoms with Crippen LogP contribution in [0.25, 0.3) is 0 Å². The first-order valence-corrected chi connectivity index (χ1v) is 11.3. The van der Waals surface area contributed by atoms with Crippen LogP contribution >= 0.6 is 0 Å². The van der Waals surface area contributed by atoms with Crippen LogP contribution in [-0.2, 0) is 10.0 Å². The summed E-state index contributed by atoms with van der Waals surface area (Å²) in [6.07, 6.45) is 1.29. The summed E-state index contributed by atoms with van der Waals surface area (Å²) in [4.78, 5) is 6.82. The molecule has 1 aromatic carbocycles. The summed E-state index contributed by atoms with van der Waals surface area (Å²) in [5, 5.41) is 0. The molecule has 12 heteroatoms. The number of benzene rings is 1. The summed E-state index contributed by atoms with van der Waals surface area (Å²) in [5.41, 5.74) is 5.98. The summed E-state index contributed by atoms with van der Waals surface area (Å²) in [6, 6.07) is 4.54. The molecule has 0 amide bonds. The van der Waals surface area contributed by atoms with Crippen molar-refractivity contribution in [1.82, 2.24) is 20.8 Å². The van der Waals surface area contributed by atoms with E-state index in [-0.39, 0.29) is 29.8 Å².